The molecular formula is C14H18N4O3S. The van der Waals surface area contributed by atoms with Crippen molar-refractivity contribution in [2.75, 3.05) is 0 Å². The van der Waals surface area contributed by atoms with Crippen LogP contribution in [0.3, 0.4) is 0 Å². The van der Waals surface area contributed by atoms with Crippen molar-refractivity contribution < 1.29 is 13.2 Å². The number of nitrogens with one attached hydrogen (secondary N) is 1. The van der Waals surface area contributed by atoms with Crippen LogP contribution in [0.4, 0.5) is 0 Å². The van der Waals surface area contributed by atoms with E-state index >= 15 is 0 Å². The Morgan fingerprint density at radius 3 is 2.77 bits per heavy atom. The Morgan fingerprint density at radius 2 is 2.14 bits per heavy atom. The quantitative estimate of drug-likeness (QED) is 0.864. The number of carbonyl (C=O) groups excluding carboxylic acids is 1. The molecule has 0 atom stereocenters. The molecule has 22 heavy (non-hydrogen) atoms. The van der Waals surface area contributed by atoms with Crippen molar-refractivity contribution in [2.45, 2.75) is 32.6 Å². The second-order valence-corrected chi connectivity index (χ2v) is 6.64. The summed E-state index contributed by atoms with van der Waals surface area (Å²) in [7, 11) is -3.78. The van der Waals surface area contributed by atoms with Gasteiger partial charge in [0.2, 0.25) is 10.0 Å². The van der Waals surface area contributed by atoms with Crippen molar-refractivity contribution in [3.8, 4) is 0 Å². The van der Waals surface area contributed by atoms with E-state index in [1.807, 2.05) is 6.92 Å². The minimum absolute atomic E-state index is 0.267. The number of aryl methyl sites for hydroxylation is 1. The first kappa shape index (κ1) is 16.2. The summed E-state index contributed by atoms with van der Waals surface area (Å²) in [5, 5.41) is 4.09. The summed E-state index contributed by atoms with van der Waals surface area (Å²) in [4.78, 5) is 16.0. The highest BCUT2D eigenvalue weighted by Crippen LogP contribution is 2.09. The van der Waals surface area contributed by atoms with Gasteiger partial charge in [-0.1, -0.05) is 13.0 Å². The Labute approximate surface area is 129 Å². The topological polar surface area (TPSA) is 94.0 Å². The lowest BCUT2D eigenvalue weighted by molar-refractivity contribution is 0.0980. The Kier molecular flexibility index (Phi) is 4.92. The first-order valence-electron chi connectivity index (χ1n) is 6.89. The van der Waals surface area contributed by atoms with Crippen molar-refractivity contribution in [1.82, 2.24) is 19.5 Å². The predicted octanol–water partition coefficient (Wildman–Crippen LogP) is 1.26. The highest BCUT2D eigenvalue weighted by atomic mass is 32.2. The average molecular weight is 322 g/mol. The summed E-state index contributed by atoms with van der Waals surface area (Å²) >= 11 is 0. The van der Waals surface area contributed by atoms with Gasteiger partial charge < -0.3 is 0 Å². The predicted molar refractivity (Wildman–Crippen MR) is 81.6 cm³/mol. The van der Waals surface area contributed by atoms with Crippen LogP contribution in [0.1, 0.15) is 35.0 Å². The van der Waals surface area contributed by atoms with Gasteiger partial charge in [0.05, 0.1) is 17.5 Å². The molecule has 2 aromatic heterocycles. The van der Waals surface area contributed by atoms with Crippen LogP contribution in [0.5, 0.6) is 0 Å². The van der Waals surface area contributed by atoms with Crippen LogP contribution in [-0.4, -0.2) is 29.1 Å². The smallest absolute Gasteiger partial charge is 0.268 e. The van der Waals surface area contributed by atoms with E-state index in [1.165, 1.54) is 12.4 Å². The van der Waals surface area contributed by atoms with Gasteiger partial charge in [-0.15, -0.1) is 0 Å². The van der Waals surface area contributed by atoms with E-state index in [4.69, 9.17) is 0 Å². The lowest BCUT2D eigenvalue weighted by Crippen LogP contribution is -2.32. The fourth-order valence-electron chi connectivity index (χ4n) is 2.04. The first-order valence-corrected chi connectivity index (χ1v) is 8.54. The van der Waals surface area contributed by atoms with Crippen molar-refractivity contribution in [3.05, 3.63) is 47.5 Å². The summed E-state index contributed by atoms with van der Waals surface area (Å²) in [6.45, 7) is 4.42. The van der Waals surface area contributed by atoms with Gasteiger partial charge in [-0.3, -0.25) is 14.5 Å². The fraction of sp³-hybridized carbons (Fsp3) is 0.357. The number of hydrogen-bond donors (Lipinski definition) is 1. The van der Waals surface area contributed by atoms with Gasteiger partial charge in [0, 0.05) is 24.6 Å². The zero-order chi connectivity index (χ0) is 16.2. The fourth-order valence-corrected chi connectivity index (χ4v) is 3.12. The Morgan fingerprint density at radius 1 is 1.36 bits per heavy atom. The van der Waals surface area contributed by atoms with E-state index < -0.39 is 15.9 Å². The van der Waals surface area contributed by atoms with E-state index in [9.17, 15) is 13.2 Å². The monoisotopic (exact) mass is 322 g/mol. The molecule has 2 aromatic rings. The van der Waals surface area contributed by atoms with Crippen LogP contribution < -0.4 is 4.72 Å². The van der Waals surface area contributed by atoms with Crippen LogP contribution in [0, 0.1) is 6.92 Å². The summed E-state index contributed by atoms with van der Waals surface area (Å²) in [5.41, 5.74) is 1.43. The molecule has 0 aromatic carbocycles. The third-order valence-corrected chi connectivity index (χ3v) is 4.32. The van der Waals surface area contributed by atoms with Crippen molar-refractivity contribution >= 4 is 15.9 Å². The Balaban J connectivity index is 2.11. The van der Waals surface area contributed by atoms with Crippen LogP contribution >= 0.6 is 0 Å². The number of hydrogen-bond acceptors (Lipinski definition) is 5. The molecule has 0 bridgehead atoms. The zero-order valence-corrected chi connectivity index (χ0v) is 13.3. The molecular weight excluding hydrogens is 304 g/mol. The van der Waals surface area contributed by atoms with Crippen molar-refractivity contribution in [3.63, 3.8) is 0 Å². The highest BCUT2D eigenvalue weighted by molar-refractivity contribution is 7.89. The number of aromatic nitrogens is 3. The second-order valence-electron chi connectivity index (χ2n) is 4.92. The van der Waals surface area contributed by atoms with Crippen LogP contribution in [-0.2, 0) is 22.3 Å². The third-order valence-electron chi connectivity index (χ3n) is 3.11. The van der Waals surface area contributed by atoms with Crippen LogP contribution in [0.2, 0.25) is 0 Å². The maximum atomic E-state index is 12.1. The van der Waals surface area contributed by atoms with Gasteiger partial charge in [0.15, 0.2) is 0 Å². The van der Waals surface area contributed by atoms with Gasteiger partial charge in [-0.05, 0) is 25.0 Å². The SMILES string of the molecule is CCCn1ncc(C(=O)NS(=O)(=O)Cc2cccnc2)c1C. The molecule has 1 N–H and O–H groups in total. The molecule has 0 saturated carbocycles. The summed E-state index contributed by atoms with van der Waals surface area (Å²) in [6.07, 6.45) is 5.28. The maximum absolute atomic E-state index is 12.1. The Bertz CT molecular complexity index is 754. The van der Waals surface area contributed by atoms with Gasteiger partial charge in [0.1, 0.15) is 0 Å². The number of amides is 1. The van der Waals surface area contributed by atoms with Crippen LogP contribution in [0.15, 0.2) is 30.7 Å². The number of carbonyl (C=O) groups is 1. The molecule has 0 aliphatic rings. The molecule has 0 fully saturated rings. The molecule has 0 aliphatic carbocycles. The summed E-state index contributed by atoms with van der Waals surface area (Å²) in [6, 6.07) is 3.28. The van der Waals surface area contributed by atoms with E-state index in [0.29, 0.717) is 17.8 Å². The lowest BCUT2D eigenvalue weighted by Gasteiger charge is -2.07. The minimum atomic E-state index is -3.78. The maximum Gasteiger partial charge on any atom is 0.268 e. The largest absolute Gasteiger partial charge is 0.269 e. The zero-order valence-electron chi connectivity index (χ0n) is 12.5. The van der Waals surface area contributed by atoms with E-state index in [0.717, 1.165) is 6.42 Å². The molecule has 8 heteroatoms. The normalized spacial score (nSPS) is 11.4. The summed E-state index contributed by atoms with van der Waals surface area (Å²) in [5.74, 6) is -0.960. The standard InChI is InChI=1S/C14H18N4O3S/c1-3-7-18-11(2)13(9-16-18)14(19)17-22(20,21)10-12-5-4-6-15-8-12/h4-6,8-9H,3,7,10H2,1-2H3,(H,17,19). The molecule has 0 saturated heterocycles. The molecule has 7 nitrogen and oxygen atoms in total. The second kappa shape index (κ2) is 6.69. The molecule has 118 valence electrons. The number of sulfonamides is 1. The van der Waals surface area contributed by atoms with Crippen molar-refractivity contribution in [2.24, 2.45) is 0 Å². The number of rotatable bonds is 6. The van der Waals surface area contributed by atoms with Gasteiger partial charge in [-0.25, -0.2) is 13.1 Å². The van der Waals surface area contributed by atoms with Gasteiger partial charge in [0.25, 0.3) is 5.91 Å². The van der Waals surface area contributed by atoms with Gasteiger partial charge >= 0.3 is 0 Å². The molecule has 1 amide bonds. The van der Waals surface area contributed by atoms with Crippen LogP contribution in [0.25, 0.3) is 0 Å². The first-order chi connectivity index (χ1) is 10.4. The molecule has 0 aliphatic heterocycles. The molecule has 0 spiro atoms. The highest BCUT2D eigenvalue weighted by Gasteiger charge is 2.20. The molecule has 2 heterocycles. The van der Waals surface area contributed by atoms with Gasteiger partial charge in [-0.2, -0.15) is 5.10 Å². The van der Waals surface area contributed by atoms with Crippen molar-refractivity contribution in [1.29, 1.82) is 0 Å². The number of pyridine rings is 1. The third kappa shape index (κ3) is 3.91. The summed E-state index contributed by atoms with van der Waals surface area (Å²) < 4.78 is 27.8. The molecule has 2 rings (SSSR count). The number of nitrogens with zero attached hydrogens (tertiary/aromatic N) is 3. The minimum Gasteiger partial charge on any atom is -0.269 e. The molecule has 0 unspecified atom stereocenters. The lowest BCUT2D eigenvalue weighted by atomic mass is 10.2. The molecule has 0 radical (unpaired) electrons. The van der Waals surface area contributed by atoms with E-state index in [2.05, 4.69) is 14.8 Å². The Hall–Kier alpha value is -2.22. The van der Waals surface area contributed by atoms with E-state index in [-0.39, 0.29) is 11.3 Å². The van der Waals surface area contributed by atoms with E-state index in [1.54, 1.807) is 29.9 Å². The average Bonchev–Trinajstić information content (AvgIpc) is 2.81.